The number of hydrogen-bond donors (Lipinski definition) is 0. The summed E-state index contributed by atoms with van der Waals surface area (Å²) in [7, 11) is 1.87. The Morgan fingerprint density at radius 1 is 1.26 bits per heavy atom. The van der Waals surface area contributed by atoms with Crippen molar-refractivity contribution in [3.8, 4) is 5.82 Å². The Hall–Kier alpha value is -1.52. The fourth-order valence-corrected chi connectivity index (χ4v) is 2.52. The number of alkyl halides is 1. The first-order valence-electron chi connectivity index (χ1n) is 5.89. The Labute approximate surface area is 120 Å². The normalized spacial score (nSPS) is 13.1. The lowest BCUT2D eigenvalue weighted by Crippen LogP contribution is -2.03. The third-order valence-corrected chi connectivity index (χ3v) is 3.44. The third kappa shape index (κ3) is 2.01. The molecule has 0 saturated carbocycles. The molecular formula is C13H12Cl2N4. The molecule has 0 N–H and O–H groups in total. The lowest BCUT2D eigenvalue weighted by molar-refractivity contribution is 0.744. The molecule has 1 unspecified atom stereocenters. The Bertz CT molecular complexity index is 742. The van der Waals surface area contributed by atoms with E-state index in [-0.39, 0.29) is 5.38 Å². The summed E-state index contributed by atoms with van der Waals surface area (Å²) in [5, 5.41) is 4.82. The molecule has 0 aliphatic heterocycles. The van der Waals surface area contributed by atoms with E-state index in [4.69, 9.17) is 23.2 Å². The molecule has 0 spiro atoms. The van der Waals surface area contributed by atoms with E-state index in [1.54, 1.807) is 4.68 Å². The SMILES string of the molecule is CC(Cl)c1nc2cccc(Cl)c2n1-c1ccn(C)n1. The van der Waals surface area contributed by atoms with Crippen LogP contribution in [0, 0.1) is 0 Å². The van der Waals surface area contributed by atoms with Gasteiger partial charge in [-0.1, -0.05) is 17.7 Å². The molecule has 3 aromatic rings. The summed E-state index contributed by atoms with van der Waals surface area (Å²) in [5.41, 5.74) is 1.66. The minimum Gasteiger partial charge on any atom is -0.276 e. The summed E-state index contributed by atoms with van der Waals surface area (Å²) in [5.74, 6) is 1.50. The van der Waals surface area contributed by atoms with Gasteiger partial charge in [0.15, 0.2) is 5.82 Å². The number of fused-ring (bicyclic) bond motifs is 1. The van der Waals surface area contributed by atoms with Crippen LogP contribution in [0.15, 0.2) is 30.5 Å². The zero-order valence-electron chi connectivity index (χ0n) is 10.5. The molecule has 0 aliphatic carbocycles. The number of aryl methyl sites for hydroxylation is 1. The van der Waals surface area contributed by atoms with Gasteiger partial charge in [-0.2, -0.15) is 5.10 Å². The molecule has 19 heavy (non-hydrogen) atoms. The van der Waals surface area contributed by atoms with Gasteiger partial charge >= 0.3 is 0 Å². The van der Waals surface area contributed by atoms with Gasteiger partial charge < -0.3 is 0 Å². The molecule has 3 rings (SSSR count). The molecule has 1 atom stereocenters. The molecule has 2 aromatic heterocycles. The number of imidazole rings is 1. The fraction of sp³-hybridized carbons (Fsp3) is 0.231. The van der Waals surface area contributed by atoms with Crippen molar-refractivity contribution in [3.63, 3.8) is 0 Å². The van der Waals surface area contributed by atoms with Crippen molar-refractivity contribution in [2.75, 3.05) is 0 Å². The maximum Gasteiger partial charge on any atom is 0.160 e. The second kappa shape index (κ2) is 4.54. The Morgan fingerprint density at radius 2 is 2.05 bits per heavy atom. The van der Waals surface area contributed by atoms with Crippen LogP contribution in [0.5, 0.6) is 0 Å². The van der Waals surface area contributed by atoms with Gasteiger partial charge in [-0.05, 0) is 19.1 Å². The number of benzene rings is 1. The fourth-order valence-electron chi connectivity index (χ4n) is 2.12. The molecule has 4 nitrogen and oxygen atoms in total. The minimum atomic E-state index is -0.231. The van der Waals surface area contributed by atoms with Crippen LogP contribution in [-0.4, -0.2) is 19.3 Å². The van der Waals surface area contributed by atoms with Gasteiger partial charge in [0.1, 0.15) is 5.82 Å². The average molecular weight is 295 g/mol. The van der Waals surface area contributed by atoms with Gasteiger partial charge in [0, 0.05) is 19.3 Å². The molecule has 0 radical (unpaired) electrons. The quantitative estimate of drug-likeness (QED) is 0.676. The van der Waals surface area contributed by atoms with Gasteiger partial charge in [-0.3, -0.25) is 9.25 Å². The van der Waals surface area contributed by atoms with Crippen molar-refractivity contribution in [1.29, 1.82) is 0 Å². The smallest absolute Gasteiger partial charge is 0.160 e. The van der Waals surface area contributed by atoms with Crippen LogP contribution < -0.4 is 0 Å². The van der Waals surface area contributed by atoms with Crippen LogP contribution in [0.4, 0.5) is 0 Å². The van der Waals surface area contributed by atoms with Crippen molar-refractivity contribution >= 4 is 34.2 Å². The number of rotatable bonds is 2. The molecule has 98 valence electrons. The van der Waals surface area contributed by atoms with Gasteiger partial charge in [-0.25, -0.2) is 4.98 Å². The lowest BCUT2D eigenvalue weighted by Gasteiger charge is -2.07. The zero-order valence-corrected chi connectivity index (χ0v) is 12.0. The molecule has 1 aromatic carbocycles. The van der Waals surface area contributed by atoms with E-state index >= 15 is 0 Å². The molecule has 0 aliphatic rings. The van der Waals surface area contributed by atoms with Crippen LogP contribution in [-0.2, 0) is 7.05 Å². The second-order valence-electron chi connectivity index (χ2n) is 4.38. The van der Waals surface area contributed by atoms with E-state index in [0.29, 0.717) is 5.02 Å². The first-order chi connectivity index (χ1) is 9.08. The maximum atomic E-state index is 6.30. The van der Waals surface area contributed by atoms with Crippen LogP contribution in [0.3, 0.4) is 0 Å². The average Bonchev–Trinajstić information content (AvgIpc) is 2.93. The number of nitrogens with zero attached hydrogens (tertiary/aromatic N) is 4. The van der Waals surface area contributed by atoms with Crippen LogP contribution in [0.25, 0.3) is 16.9 Å². The molecule has 0 fully saturated rings. The summed E-state index contributed by atoms with van der Waals surface area (Å²) in [6.45, 7) is 1.89. The monoisotopic (exact) mass is 294 g/mol. The standard InChI is InChI=1S/C13H12Cl2N4/c1-8(14)13-16-10-5-3-4-9(15)12(10)19(13)11-6-7-18(2)17-11/h3-8H,1-2H3. The van der Waals surface area contributed by atoms with Crippen LogP contribution >= 0.6 is 23.2 Å². The number of hydrogen-bond acceptors (Lipinski definition) is 2. The highest BCUT2D eigenvalue weighted by molar-refractivity contribution is 6.35. The molecule has 0 amide bonds. The van der Waals surface area contributed by atoms with Gasteiger partial charge in [0.25, 0.3) is 0 Å². The zero-order chi connectivity index (χ0) is 13.6. The maximum absolute atomic E-state index is 6.30. The predicted octanol–water partition coefficient (Wildman–Crippen LogP) is 3.71. The van der Waals surface area contributed by atoms with Crippen molar-refractivity contribution in [2.24, 2.45) is 7.05 Å². The largest absolute Gasteiger partial charge is 0.276 e. The Kier molecular flexibility index (Phi) is 2.99. The van der Waals surface area contributed by atoms with E-state index in [2.05, 4.69) is 10.1 Å². The van der Waals surface area contributed by atoms with Gasteiger partial charge in [0.05, 0.1) is 21.4 Å². The van der Waals surface area contributed by atoms with E-state index in [9.17, 15) is 0 Å². The Balaban J connectivity index is 2.39. The first kappa shape index (κ1) is 12.5. The molecule has 2 heterocycles. The number of halogens is 2. The molecule has 0 saturated heterocycles. The highest BCUT2D eigenvalue weighted by atomic mass is 35.5. The van der Waals surface area contributed by atoms with Crippen molar-refractivity contribution in [3.05, 3.63) is 41.3 Å². The molecule has 6 heteroatoms. The predicted molar refractivity (Wildman–Crippen MR) is 77.1 cm³/mol. The molecular weight excluding hydrogens is 283 g/mol. The Morgan fingerprint density at radius 3 is 2.68 bits per heavy atom. The van der Waals surface area contributed by atoms with Crippen molar-refractivity contribution in [2.45, 2.75) is 12.3 Å². The lowest BCUT2D eigenvalue weighted by atomic mass is 10.3. The van der Waals surface area contributed by atoms with E-state index in [1.165, 1.54) is 0 Å². The van der Waals surface area contributed by atoms with E-state index < -0.39 is 0 Å². The number of para-hydroxylation sites is 1. The van der Waals surface area contributed by atoms with Gasteiger partial charge in [0.2, 0.25) is 0 Å². The van der Waals surface area contributed by atoms with Crippen LogP contribution in [0.1, 0.15) is 18.1 Å². The van der Waals surface area contributed by atoms with E-state index in [0.717, 1.165) is 22.7 Å². The summed E-state index contributed by atoms with van der Waals surface area (Å²) >= 11 is 12.5. The summed E-state index contributed by atoms with van der Waals surface area (Å²) in [6, 6.07) is 7.55. The number of aromatic nitrogens is 4. The molecule has 0 bridgehead atoms. The van der Waals surface area contributed by atoms with Crippen LogP contribution in [0.2, 0.25) is 5.02 Å². The second-order valence-corrected chi connectivity index (χ2v) is 5.44. The summed E-state index contributed by atoms with van der Waals surface area (Å²) < 4.78 is 3.65. The topological polar surface area (TPSA) is 35.6 Å². The van der Waals surface area contributed by atoms with E-state index in [1.807, 2.05) is 49.0 Å². The summed E-state index contributed by atoms with van der Waals surface area (Å²) in [6.07, 6.45) is 1.88. The summed E-state index contributed by atoms with van der Waals surface area (Å²) in [4.78, 5) is 4.56. The first-order valence-corrected chi connectivity index (χ1v) is 6.70. The van der Waals surface area contributed by atoms with Gasteiger partial charge in [-0.15, -0.1) is 11.6 Å². The van der Waals surface area contributed by atoms with Crippen molar-refractivity contribution in [1.82, 2.24) is 19.3 Å². The third-order valence-electron chi connectivity index (χ3n) is 2.94. The highest BCUT2D eigenvalue weighted by Gasteiger charge is 2.19. The highest BCUT2D eigenvalue weighted by Crippen LogP contribution is 2.31. The minimum absolute atomic E-state index is 0.231. The van der Waals surface area contributed by atoms with Crippen molar-refractivity contribution < 1.29 is 0 Å².